The minimum atomic E-state index is -0.00708. The summed E-state index contributed by atoms with van der Waals surface area (Å²) in [6.45, 7) is 0.824. The predicted molar refractivity (Wildman–Crippen MR) is 56.2 cm³/mol. The van der Waals surface area contributed by atoms with E-state index in [9.17, 15) is 4.79 Å². The zero-order chi connectivity index (χ0) is 10.1. The Morgan fingerprint density at radius 3 is 2.93 bits per heavy atom. The maximum absolute atomic E-state index is 11.5. The van der Waals surface area contributed by atoms with Crippen molar-refractivity contribution >= 4 is 34.1 Å². The van der Waals surface area contributed by atoms with Gasteiger partial charge in [0.1, 0.15) is 0 Å². The smallest absolute Gasteiger partial charge is 0.235 e. The van der Waals surface area contributed by atoms with Gasteiger partial charge in [0.2, 0.25) is 11.0 Å². The van der Waals surface area contributed by atoms with Crippen LogP contribution in [0.5, 0.6) is 0 Å². The molecular weight excluding hydrogens is 220 g/mol. The van der Waals surface area contributed by atoms with Gasteiger partial charge in [-0.2, -0.15) is 0 Å². The van der Waals surface area contributed by atoms with Crippen LogP contribution in [0.1, 0.15) is 6.42 Å². The topological polar surface area (TPSA) is 72.1 Å². The summed E-state index contributed by atoms with van der Waals surface area (Å²) < 4.78 is 0.774. The Hall–Kier alpha value is -0.820. The van der Waals surface area contributed by atoms with Crippen molar-refractivity contribution in [3.63, 3.8) is 0 Å². The molecule has 2 N–H and O–H groups in total. The van der Waals surface area contributed by atoms with Crippen molar-refractivity contribution in [2.24, 2.45) is 0 Å². The molecule has 2 rings (SSSR count). The van der Waals surface area contributed by atoms with Crippen LogP contribution in [0.3, 0.4) is 0 Å². The molecular formula is C7H10N4OS2. The van der Waals surface area contributed by atoms with E-state index in [1.165, 1.54) is 23.1 Å². The average Bonchev–Trinajstić information content (AvgIpc) is 2.67. The predicted octanol–water partition coefficient (Wildman–Crippen LogP) is 0.443. The molecule has 2 heterocycles. The summed E-state index contributed by atoms with van der Waals surface area (Å²) in [6, 6.07) is 0. The monoisotopic (exact) mass is 230 g/mol. The molecule has 0 radical (unpaired) electrons. The molecule has 0 bridgehead atoms. The second-order valence-corrected chi connectivity index (χ2v) is 5.52. The van der Waals surface area contributed by atoms with Gasteiger partial charge in [0.25, 0.3) is 0 Å². The summed E-state index contributed by atoms with van der Waals surface area (Å²) >= 11 is 2.78. The summed E-state index contributed by atoms with van der Waals surface area (Å²) in [7, 11) is 1.82. The number of hydrogen-bond donors (Lipinski definition) is 1. The van der Waals surface area contributed by atoms with Crippen LogP contribution in [0, 0.1) is 0 Å². The minimum absolute atomic E-state index is 0.00708. The summed E-state index contributed by atoms with van der Waals surface area (Å²) in [5.41, 5.74) is 5.45. The summed E-state index contributed by atoms with van der Waals surface area (Å²) in [5.74, 6) is 0.170. The standard InChI is InChI=1S/C7H10N4OS2/c1-11-3-2-4(5(11)12)13-7-10-9-6(8)14-7/h4H,2-3H2,1H3,(H2,8,9)/t4-/m0/s1. The van der Waals surface area contributed by atoms with Crippen LogP contribution in [-0.2, 0) is 4.79 Å². The number of anilines is 1. The van der Waals surface area contributed by atoms with Crippen LogP contribution in [0.15, 0.2) is 4.34 Å². The third-order valence-electron chi connectivity index (χ3n) is 2.04. The lowest BCUT2D eigenvalue weighted by molar-refractivity contribution is -0.126. The highest BCUT2D eigenvalue weighted by Crippen LogP contribution is 2.32. The lowest BCUT2D eigenvalue weighted by atomic mass is 10.4. The molecule has 0 aromatic carbocycles. The van der Waals surface area contributed by atoms with Crippen LogP contribution in [0.4, 0.5) is 5.13 Å². The van der Waals surface area contributed by atoms with Gasteiger partial charge in [-0.3, -0.25) is 4.79 Å². The number of carbonyl (C=O) groups excluding carboxylic acids is 1. The molecule has 5 nitrogen and oxygen atoms in total. The van der Waals surface area contributed by atoms with Gasteiger partial charge in [0, 0.05) is 13.6 Å². The van der Waals surface area contributed by atoms with E-state index in [1.54, 1.807) is 4.90 Å². The zero-order valence-electron chi connectivity index (χ0n) is 7.64. The highest BCUT2D eigenvalue weighted by Gasteiger charge is 2.30. The Balaban J connectivity index is 2.02. The van der Waals surface area contributed by atoms with Gasteiger partial charge in [-0.1, -0.05) is 23.1 Å². The highest BCUT2D eigenvalue weighted by molar-refractivity contribution is 8.02. The van der Waals surface area contributed by atoms with Crippen molar-refractivity contribution in [1.82, 2.24) is 15.1 Å². The number of rotatable bonds is 2. The Morgan fingerprint density at radius 1 is 1.64 bits per heavy atom. The fourth-order valence-electron chi connectivity index (χ4n) is 1.29. The van der Waals surface area contributed by atoms with Crippen molar-refractivity contribution in [2.45, 2.75) is 16.0 Å². The van der Waals surface area contributed by atoms with E-state index in [1.807, 2.05) is 7.05 Å². The molecule has 0 saturated carbocycles. The Morgan fingerprint density at radius 2 is 2.43 bits per heavy atom. The molecule has 1 aromatic rings. The van der Waals surface area contributed by atoms with Crippen molar-refractivity contribution in [3.05, 3.63) is 0 Å². The van der Waals surface area contributed by atoms with Gasteiger partial charge < -0.3 is 10.6 Å². The molecule has 0 aliphatic carbocycles. The fraction of sp³-hybridized carbons (Fsp3) is 0.571. The van der Waals surface area contributed by atoms with E-state index in [4.69, 9.17) is 5.73 Å². The van der Waals surface area contributed by atoms with Crippen LogP contribution < -0.4 is 5.73 Å². The number of likely N-dealkylation sites (tertiary alicyclic amines) is 1. The van der Waals surface area contributed by atoms with E-state index >= 15 is 0 Å². The number of thioether (sulfide) groups is 1. The van der Waals surface area contributed by atoms with Crippen molar-refractivity contribution in [3.8, 4) is 0 Å². The van der Waals surface area contributed by atoms with E-state index in [2.05, 4.69) is 10.2 Å². The molecule has 1 amide bonds. The highest BCUT2D eigenvalue weighted by atomic mass is 32.2. The summed E-state index contributed by atoms with van der Waals surface area (Å²) in [4.78, 5) is 13.3. The van der Waals surface area contributed by atoms with Crippen LogP contribution in [0.2, 0.25) is 0 Å². The lowest BCUT2D eigenvalue weighted by Gasteiger charge is -2.07. The van der Waals surface area contributed by atoms with Gasteiger partial charge in [-0.05, 0) is 6.42 Å². The normalized spacial score (nSPS) is 21.9. The summed E-state index contributed by atoms with van der Waals surface area (Å²) in [5, 5.41) is 8.02. The van der Waals surface area contributed by atoms with Crippen LogP contribution in [0.25, 0.3) is 0 Å². The van der Waals surface area contributed by atoms with E-state index in [0.717, 1.165) is 17.3 Å². The van der Waals surface area contributed by atoms with Gasteiger partial charge >= 0.3 is 0 Å². The second-order valence-electron chi connectivity index (χ2n) is 3.06. The molecule has 0 unspecified atom stereocenters. The fourth-order valence-corrected chi connectivity index (χ4v) is 3.26. The molecule has 14 heavy (non-hydrogen) atoms. The number of aromatic nitrogens is 2. The Labute approximate surface area is 89.7 Å². The van der Waals surface area contributed by atoms with Crippen LogP contribution >= 0.6 is 23.1 Å². The summed E-state index contributed by atoms with van der Waals surface area (Å²) in [6.07, 6.45) is 0.874. The third kappa shape index (κ3) is 1.83. The molecule has 0 spiro atoms. The molecule has 1 saturated heterocycles. The van der Waals surface area contributed by atoms with E-state index in [0.29, 0.717) is 5.13 Å². The average molecular weight is 230 g/mol. The third-order valence-corrected chi connectivity index (χ3v) is 4.13. The molecule has 1 aliphatic rings. The number of carbonyl (C=O) groups is 1. The maximum Gasteiger partial charge on any atom is 0.235 e. The Kier molecular flexibility index (Phi) is 2.60. The second kappa shape index (κ2) is 3.74. The first-order valence-corrected chi connectivity index (χ1v) is 5.87. The van der Waals surface area contributed by atoms with Gasteiger partial charge in [0.15, 0.2) is 4.34 Å². The first-order valence-electron chi connectivity index (χ1n) is 4.17. The first-order chi connectivity index (χ1) is 6.66. The van der Waals surface area contributed by atoms with Gasteiger partial charge in [-0.15, -0.1) is 10.2 Å². The molecule has 1 aliphatic heterocycles. The number of nitrogen functional groups attached to an aromatic ring is 1. The quantitative estimate of drug-likeness (QED) is 0.798. The number of nitrogens with two attached hydrogens (primary N) is 1. The number of amides is 1. The SMILES string of the molecule is CN1CC[C@H](Sc2nnc(N)s2)C1=O. The minimum Gasteiger partial charge on any atom is -0.374 e. The van der Waals surface area contributed by atoms with Crippen molar-refractivity contribution in [2.75, 3.05) is 19.3 Å². The van der Waals surface area contributed by atoms with Crippen molar-refractivity contribution in [1.29, 1.82) is 0 Å². The van der Waals surface area contributed by atoms with Gasteiger partial charge in [0.05, 0.1) is 5.25 Å². The maximum atomic E-state index is 11.5. The molecule has 76 valence electrons. The lowest BCUT2D eigenvalue weighted by Crippen LogP contribution is -2.23. The first kappa shape index (κ1) is 9.72. The number of hydrogen-bond acceptors (Lipinski definition) is 6. The van der Waals surface area contributed by atoms with Crippen molar-refractivity contribution < 1.29 is 4.79 Å². The number of nitrogens with zero attached hydrogens (tertiary/aromatic N) is 3. The zero-order valence-corrected chi connectivity index (χ0v) is 9.27. The van der Waals surface area contributed by atoms with Crippen LogP contribution in [-0.4, -0.2) is 39.8 Å². The molecule has 1 atom stereocenters. The largest absolute Gasteiger partial charge is 0.374 e. The molecule has 7 heteroatoms. The Bertz CT molecular complexity index is 353. The van der Waals surface area contributed by atoms with E-state index in [-0.39, 0.29) is 11.2 Å². The molecule has 1 aromatic heterocycles. The van der Waals surface area contributed by atoms with Gasteiger partial charge in [-0.25, -0.2) is 0 Å². The van der Waals surface area contributed by atoms with E-state index < -0.39 is 0 Å². The molecule has 1 fully saturated rings.